The number of hydrazine groups is 1. The summed E-state index contributed by atoms with van der Waals surface area (Å²) in [5.74, 6) is 2.46. The van der Waals surface area contributed by atoms with Gasteiger partial charge < -0.3 is 5.32 Å². The van der Waals surface area contributed by atoms with Crippen molar-refractivity contribution < 1.29 is 22.8 Å². The predicted octanol–water partition coefficient (Wildman–Crippen LogP) is -0.914. The largest absolute Gasteiger partial charge is 0.405 e. The van der Waals surface area contributed by atoms with Gasteiger partial charge >= 0.3 is 6.18 Å². The Morgan fingerprint density at radius 1 is 1.43 bits per heavy atom. The molecule has 82 valence electrons. The van der Waals surface area contributed by atoms with Crippen LogP contribution in [-0.2, 0) is 9.59 Å². The smallest absolute Gasteiger partial charge is 0.340 e. The number of ketones is 1. The van der Waals surface area contributed by atoms with Gasteiger partial charge in [-0.05, 0) is 6.92 Å². The van der Waals surface area contributed by atoms with Gasteiger partial charge in [0.25, 0.3) is 5.91 Å². The lowest BCUT2D eigenvalue weighted by Gasteiger charge is -2.10. The van der Waals surface area contributed by atoms with E-state index in [-0.39, 0.29) is 0 Å². The van der Waals surface area contributed by atoms with Gasteiger partial charge in [-0.2, -0.15) is 13.2 Å². The second-order valence-corrected chi connectivity index (χ2v) is 2.55. The minimum atomic E-state index is -4.53. The molecule has 0 saturated heterocycles. The van der Waals surface area contributed by atoms with E-state index in [1.807, 2.05) is 5.43 Å². The van der Waals surface area contributed by atoms with E-state index in [1.165, 1.54) is 12.2 Å². The molecule has 0 bridgehead atoms. The van der Waals surface area contributed by atoms with Crippen LogP contribution < -0.4 is 16.6 Å². The Morgan fingerprint density at radius 2 is 1.93 bits per heavy atom. The average molecular weight is 213 g/mol. The van der Waals surface area contributed by atoms with E-state index in [9.17, 15) is 22.8 Å². The fraction of sp³-hybridized carbons (Fsp3) is 0.667. The molecule has 0 aliphatic rings. The molecule has 5 nitrogen and oxygen atoms in total. The van der Waals surface area contributed by atoms with Crippen molar-refractivity contribution in [3.05, 3.63) is 0 Å². The number of hydrogen-bond acceptors (Lipinski definition) is 4. The van der Waals surface area contributed by atoms with Crippen molar-refractivity contribution in [1.82, 2.24) is 10.7 Å². The third kappa shape index (κ3) is 4.77. The molecule has 14 heavy (non-hydrogen) atoms. The number of amides is 1. The first kappa shape index (κ1) is 12.8. The van der Waals surface area contributed by atoms with E-state index < -0.39 is 30.5 Å². The summed E-state index contributed by atoms with van der Waals surface area (Å²) in [5, 5.41) is 1.43. The maximum Gasteiger partial charge on any atom is 0.405 e. The van der Waals surface area contributed by atoms with Crippen LogP contribution in [0.3, 0.4) is 0 Å². The molecule has 0 fully saturated rings. The molecule has 0 aliphatic heterocycles. The van der Waals surface area contributed by atoms with E-state index in [0.29, 0.717) is 0 Å². The van der Waals surface area contributed by atoms with Crippen LogP contribution >= 0.6 is 0 Å². The van der Waals surface area contributed by atoms with Crippen LogP contribution in [0.25, 0.3) is 0 Å². The lowest BCUT2D eigenvalue weighted by atomic mass is 10.2. The van der Waals surface area contributed by atoms with Crippen molar-refractivity contribution in [2.75, 3.05) is 6.54 Å². The van der Waals surface area contributed by atoms with Crippen molar-refractivity contribution in [3.8, 4) is 0 Å². The van der Waals surface area contributed by atoms with Crippen LogP contribution in [0, 0.1) is 0 Å². The zero-order chi connectivity index (χ0) is 11.4. The third-order valence-electron chi connectivity index (χ3n) is 1.32. The summed E-state index contributed by atoms with van der Waals surface area (Å²) < 4.78 is 34.8. The molecular formula is C6H10F3N3O2. The Hall–Kier alpha value is -1.15. The molecule has 1 amide bonds. The highest BCUT2D eigenvalue weighted by atomic mass is 19.4. The molecule has 0 aromatic heterocycles. The summed E-state index contributed by atoms with van der Waals surface area (Å²) in [6.07, 6.45) is -4.53. The van der Waals surface area contributed by atoms with E-state index in [4.69, 9.17) is 5.84 Å². The summed E-state index contributed by atoms with van der Waals surface area (Å²) in [5.41, 5.74) is 1.95. The molecule has 0 rings (SSSR count). The fourth-order valence-electron chi connectivity index (χ4n) is 0.540. The summed E-state index contributed by atoms with van der Waals surface area (Å²) in [7, 11) is 0. The minimum absolute atomic E-state index is 1.01. The zero-order valence-electron chi connectivity index (χ0n) is 7.31. The van der Waals surface area contributed by atoms with Gasteiger partial charge in [0.15, 0.2) is 0 Å². The first-order valence-electron chi connectivity index (χ1n) is 3.63. The van der Waals surface area contributed by atoms with Gasteiger partial charge in [-0.3, -0.25) is 15.4 Å². The first-order chi connectivity index (χ1) is 6.28. The summed E-state index contributed by atoms with van der Waals surface area (Å²) >= 11 is 0. The van der Waals surface area contributed by atoms with Crippen LogP contribution in [-0.4, -0.2) is 30.5 Å². The van der Waals surface area contributed by atoms with Gasteiger partial charge in [-0.15, -0.1) is 0 Å². The van der Waals surface area contributed by atoms with Gasteiger partial charge in [0.1, 0.15) is 6.54 Å². The SMILES string of the molecule is CC(NN)C(=O)C(=O)NCC(F)(F)F. The molecule has 0 aromatic carbocycles. The van der Waals surface area contributed by atoms with Crippen molar-refractivity contribution in [2.24, 2.45) is 5.84 Å². The Morgan fingerprint density at radius 3 is 2.29 bits per heavy atom. The number of alkyl halides is 3. The number of rotatable bonds is 4. The number of nitrogens with one attached hydrogen (secondary N) is 2. The molecule has 4 N–H and O–H groups in total. The van der Waals surface area contributed by atoms with Gasteiger partial charge in [0.2, 0.25) is 5.78 Å². The third-order valence-corrected chi connectivity index (χ3v) is 1.32. The summed E-state index contributed by atoms with van der Waals surface area (Å²) in [6, 6.07) is -1.01. The van der Waals surface area contributed by atoms with Crippen molar-refractivity contribution in [1.29, 1.82) is 0 Å². The lowest BCUT2D eigenvalue weighted by Crippen LogP contribution is -2.47. The molecule has 0 spiro atoms. The fourth-order valence-corrected chi connectivity index (χ4v) is 0.540. The van der Waals surface area contributed by atoms with E-state index >= 15 is 0 Å². The van der Waals surface area contributed by atoms with Gasteiger partial charge in [0, 0.05) is 0 Å². The number of halogens is 3. The standard InChI is InChI=1S/C6H10F3N3O2/c1-3(12-10)4(13)5(14)11-2-6(7,8)9/h3,12H,2,10H2,1H3,(H,11,14). The van der Waals surface area contributed by atoms with E-state index in [0.717, 1.165) is 0 Å². The van der Waals surface area contributed by atoms with Crippen LogP contribution in [0.5, 0.6) is 0 Å². The Labute approximate surface area is 77.8 Å². The molecule has 0 aliphatic carbocycles. The molecule has 1 atom stereocenters. The van der Waals surface area contributed by atoms with E-state index in [1.54, 1.807) is 0 Å². The Bertz CT molecular complexity index is 229. The maximum atomic E-state index is 11.6. The number of nitrogens with two attached hydrogens (primary N) is 1. The Balaban J connectivity index is 4.04. The summed E-state index contributed by atoms with van der Waals surface area (Å²) in [4.78, 5) is 21.6. The number of Topliss-reactive ketones (excluding diaryl/α,β-unsaturated/α-hetero) is 1. The molecule has 0 saturated carbocycles. The number of hydrogen-bond donors (Lipinski definition) is 3. The zero-order valence-corrected chi connectivity index (χ0v) is 7.31. The van der Waals surface area contributed by atoms with Gasteiger partial charge in [-0.1, -0.05) is 0 Å². The average Bonchev–Trinajstić information content (AvgIpc) is 2.10. The molecular weight excluding hydrogens is 203 g/mol. The minimum Gasteiger partial charge on any atom is -0.340 e. The van der Waals surface area contributed by atoms with Crippen LogP contribution in [0.15, 0.2) is 0 Å². The molecule has 0 radical (unpaired) electrons. The molecule has 0 aromatic rings. The normalized spacial score (nSPS) is 13.5. The molecule has 1 unspecified atom stereocenters. The lowest BCUT2D eigenvalue weighted by molar-refractivity contribution is -0.146. The number of carbonyl (C=O) groups is 2. The van der Waals surface area contributed by atoms with Crippen LogP contribution in [0.2, 0.25) is 0 Å². The monoisotopic (exact) mass is 213 g/mol. The van der Waals surface area contributed by atoms with Gasteiger partial charge in [0.05, 0.1) is 6.04 Å². The quantitative estimate of drug-likeness (QED) is 0.320. The highest BCUT2D eigenvalue weighted by Crippen LogP contribution is 2.11. The maximum absolute atomic E-state index is 11.6. The number of carbonyl (C=O) groups excluding carboxylic acids is 2. The van der Waals surface area contributed by atoms with Crippen LogP contribution in [0.4, 0.5) is 13.2 Å². The molecule has 0 heterocycles. The van der Waals surface area contributed by atoms with E-state index in [2.05, 4.69) is 0 Å². The highest BCUT2D eigenvalue weighted by Gasteiger charge is 2.30. The second kappa shape index (κ2) is 4.91. The van der Waals surface area contributed by atoms with Crippen molar-refractivity contribution in [3.63, 3.8) is 0 Å². The topological polar surface area (TPSA) is 84.2 Å². The highest BCUT2D eigenvalue weighted by molar-refractivity contribution is 6.38. The summed E-state index contributed by atoms with van der Waals surface area (Å²) in [6.45, 7) is -0.273. The second-order valence-electron chi connectivity index (χ2n) is 2.55. The Kier molecular flexibility index (Phi) is 4.51. The predicted molar refractivity (Wildman–Crippen MR) is 40.9 cm³/mol. The van der Waals surface area contributed by atoms with Crippen molar-refractivity contribution in [2.45, 2.75) is 19.1 Å². The molecule has 8 heteroatoms. The van der Waals surface area contributed by atoms with Crippen LogP contribution in [0.1, 0.15) is 6.92 Å². The van der Waals surface area contributed by atoms with Gasteiger partial charge in [-0.25, -0.2) is 5.43 Å². The first-order valence-corrected chi connectivity index (χ1v) is 3.63. The van der Waals surface area contributed by atoms with Crippen molar-refractivity contribution >= 4 is 11.7 Å².